The molecule has 1 aromatic rings. The Kier molecular flexibility index (Phi) is 7.65. The van der Waals surface area contributed by atoms with Gasteiger partial charge in [0.2, 0.25) is 11.8 Å². The van der Waals surface area contributed by atoms with Crippen LogP contribution in [0.15, 0.2) is 18.3 Å². The van der Waals surface area contributed by atoms with Gasteiger partial charge in [-0.15, -0.1) is 0 Å². The number of nitrogens with zero attached hydrogens (tertiary/aromatic N) is 2. The third kappa shape index (κ3) is 6.38. The van der Waals surface area contributed by atoms with E-state index in [1.807, 2.05) is 13.8 Å². The Labute approximate surface area is 162 Å². The molecule has 2 amide bonds. The van der Waals surface area contributed by atoms with Gasteiger partial charge in [0.25, 0.3) is 0 Å². The number of aromatic nitrogens is 1. The van der Waals surface area contributed by atoms with Gasteiger partial charge in [0, 0.05) is 32.3 Å². The van der Waals surface area contributed by atoms with E-state index in [-0.39, 0.29) is 24.3 Å². The molecule has 0 radical (unpaired) electrons. The molecule has 0 aromatic carbocycles. The summed E-state index contributed by atoms with van der Waals surface area (Å²) < 4.78 is 37.6. The number of alkyl halides is 3. The number of amides is 2. The Morgan fingerprint density at radius 3 is 2.57 bits per heavy atom. The first-order valence-corrected chi connectivity index (χ1v) is 9.52. The van der Waals surface area contributed by atoms with Crippen molar-refractivity contribution < 1.29 is 22.8 Å². The van der Waals surface area contributed by atoms with E-state index in [4.69, 9.17) is 0 Å². The van der Waals surface area contributed by atoms with Gasteiger partial charge in [-0.1, -0.05) is 13.8 Å². The molecule has 1 fully saturated rings. The number of anilines is 1. The highest BCUT2D eigenvalue weighted by molar-refractivity contribution is 5.88. The van der Waals surface area contributed by atoms with Gasteiger partial charge >= 0.3 is 6.18 Å². The minimum atomic E-state index is -4.42. The van der Waals surface area contributed by atoms with Gasteiger partial charge in [-0.05, 0) is 37.3 Å². The van der Waals surface area contributed by atoms with Crippen LogP contribution in [0.2, 0.25) is 0 Å². The zero-order chi connectivity index (χ0) is 20.7. The molecule has 2 rings (SSSR count). The summed E-state index contributed by atoms with van der Waals surface area (Å²) >= 11 is 0. The summed E-state index contributed by atoms with van der Waals surface area (Å²) in [6.45, 7) is 5.20. The van der Waals surface area contributed by atoms with Crippen molar-refractivity contribution in [2.75, 3.05) is 25.0 Å². The molecular formula is C19H27F3N4O2. The number of piperidine rings is 1. The van der Waals surface area contributed by atoms with Crippen LogP contribution in [0.4, 0.5) is 19.0 Å². The smallest absolute Gasteiger partial charge is 0.368 e. The summed E-state index contributed by atoms with van der Waals surface area (Å²) in [5.41, 5.74) is -0.811. The number of likely N-dealkylation sites (tertiary alicyclic amines) is 1. The Balaban J connectivity index is 1.84. The first-order valence-electron chi connectivity index (χ1n) is 9.52. The predicted molar refractivity (Wildman–Crippen MR) is 99.5 cm³/mol. The van der Waals surface area contributed by atoms with E-state index in [1.54, 1.807) is 4.90 Å². The largest absolute Gasteiger partial charge is 0.417 e. The number of hydrogen-bond donors (Lipinski definition) is 2. The van der Waals surface area contributed by atoms with Crippen LogP contribution in [0, 0.1) is 5.92 Å². The van der Waals surface area contributed by atoms with E-state index in [1.165, 1.54) is 6.07 Å². The van der Waals surface area contributed by atoms with Gasteiger partial charge in [-0.2, -0.15) is 13.2 Å². The SMILES string of the molecule is CC(C)CC(C(=O)NCCNc1ccc(C(F)(F)F)cn1)N1CCCCC1=O. The molecule has 1 aliphatic rings. The van der Waals surface area contributed by atoms with Crippen LogP contribution in [-0.4, -0.2) is 47.4 Å². The van der Waals surface area contributed by atoms with Crippen LogP contribution in [0.3, 0.4) is 0 Å². The number of halogens is 3. The molecule has 0 spiro atoms. The van der Waals surface area contributed by atoms with Crippen molar-refractivity contribution in [2.45, 2.75) is 51.7 Å². The highest BCUT2D eigenvalue weighted by atomic mass is 19.4. The molecule has 9 heteroatoms. The fraction of sp³-hybridized carbons (Fsp3) is 0.632. The fourth-order valence-corrected chi connectivity index (χ4v) is 3.14. The second-order valence-electron chi connectivity index (χ2n) is 7.34. The Morgan fingerprint density at radius 1 is 1.25 bits per heavy atom. The van der Waals surface area contributed by atoms with Crippen LogP contribution in [-0.2, 0) is 15.8 Å². The van der Waals surface area contributed by atoms with Crippen molar-refractivity contribution in [3.63, 3.8) is 0 Å². The zero-order valence-corrected chi connectivity index (χ0v) is 16.2. The highest BCUT2D eigenvalue weighted by Gasteiger charge is 2.32. The van der Waals surface area contributed by atoms with Gasteiger partial charge in [0.15, 0.2) is 0 Å². The normalized spacial score (nSPS) is 16.2. The molecule has 1 saturated heterocycles. The van der Waals surface area contributed by atoms with Crippen molar-refractivity contribution in [3.8, 4) is 0 Å². The maximum Gasteiger partial charge on any atom is 0.417 e. The monoisotopic (exact) mass is 400 g/mol. The number of hydrogen-bond acceptors (Lipinski definition) is 4. The van der Waals surface area contributed by atoms with Gasteiger partial charge in [0.05, 0.1) is 5.56 Å². The van der Waals surface area contributed by atoms with Crippen molar-refractivity contribution in [1.29, 1.82) is 0 Å². The second-order valence-corrected chi connectivity index (χ2v) is 7.34. The topological polar surface area (TPSA) is 74.3 Å². The summed E-state index contributed by atoms with van der Waals surface area (Å²) in [6, 6.07) is 1.71. The molecule has 28 heavy (non-hydrogen) atoms. The molecule has 156 valence electrons. The predicted octanol–water partition coefficient (Wildman–Crippen LogP) is 3.06. The number of carbonyl (C=O) groups is 2. The fourth-order valence-electron chi connectivity index (χ4n) is 3.14. The van der Waals surface area contributed by atoms with Crippen LogP contribution in [0.5, 0.6) is 0 Å². The maximum absolute atomic E-state index is 12.6. The van der Waals surface area contributed by atoms with Crippen LogP contribution in [0.25, 0.3) is 0 Å². The summed E-state index contributed by atoms with van der Waals surface area (Å²) in [5.74, 6) is 0.373. The van der Waals surface area contributed by atoms with Gasteiger partial charge in [-0.3, -0.25) is 9.59 Å². The molecule has 0 aliphatic carbocycles. The highest BCUT2D eigenvalue weighted by Crippen LogP contribution is 2.28. The molecule has 0 saturated carbocycles. The molecule has 6 nitrogen and oxygen atoms in total. The summed E-state index contributed by atoms with van der Waals surface area (Å²) in [7, 11) is 0. The van der Waals surface area contributed by atoms with Crippen molar-refractivity contribution >= 4 is 17.6 Å². The van der Waals surface area contributed by atoms with Crippen LogP contribution in [0.1, 0.15) is 45.1 Å². The number of nitrogens with one attached hydrogen (secondary N) is 2. The van der Waals surface area contributed by atoms with E-state index in [0.717, 1.165) is 25.1 Å². The summed E-state index contributed by atoms with van der Waals surface area (Å²) in [4.78, 5) is 30.2. The Bertz CT molecular complexity index is 662. The van der Waals surface area contributed by atoms with E-state index in [9.17, 15) is 22.8 Å². The average Bonchev–Trinajstić information content (AvgIpc) is 2.63. The lowest BCUT2D eigenvalue weighted by atomic mass is 9.98. The maximum atomic E-state index is 12.6. The standard InChI is InChI=1S/C19H27F3N4O2/c1-13(2)11-15(26-10-4-3-5-17(26)27)18(28)24-9-8-23-16-7-6-14(12-25-16)19(20,21)22/h6-7,12-13,15H,3-5,8-11H2,1-2H3,(H,23,25)(H,24,28). The lowest BCUT2D eigenvalue weighted by Crippen LogP contribution is -2.52. The third-order valence-electron chi connectivity index (χ3n) is 4.55. The first-order chi connectivity index (χ1) is 13.2. The third-order valence-corrected chi connectivity index (χ3v) is 4.55. The van der Waals surface area contributed by atoms with E-state index >= 15 is 0 Å². The van der Waals surface area contributed by atoms with Crippen LogP contribution < -0.4 is 10.6 Å². The zero-order valence-electron chi connectivity index (χ0n) is 16.2. The van der Waals surface area contributed by atoms with Crippen molar-refractivity contribution in [2.24, 2.45) is 5.92 Å². The second kappa shape index (κ2) is 9.75. The molecule has 1 atom stereocenters. The van der Waals surface area contributed by atoms with Crippen molar-refractivity contribution in [1.82, 2.24) is 15.2 Å². The molecule has 1 aliphatic heterocycles. The molecule has 2 N–H and O–H groups in total. The van der Waals surface area contributed by atoms with Crippen LogP contribution >= 0.6 is 0 Å². The van der Waals surface area contributed by atoms with E-state index < -0.39 is 17.8 Å². The molecule has 2 heterocycles. The molecule has 0 bridgehead atoms. The minimum absolute atomic E-state index is 0.0131. The quantitative estimate of drug-likeness (QED) is 0.658. The lowest BCUT2D eigenvalue weighted by molar-refractivity contribution is -0.143. The molecular weight excluding hydrogens is 373 g/mol. The number of pyridine rings is 1. The van der Waals surface area contributed by atoms with Crippen molar-refractivity contribution in [3.05, 3.63) is 23.9 Å². The lowest BCUT2D eigenvalue weighted by Gasteiger charge is -2.34. The van der Waals surface area contributed by atoms with Gasteiger partial charge in [0.1, 0.15) is 11.9 Å². The van der Waals surface area contributed by atoms with E-state index in [2.05, 4.69) is 15.6 Å². The summed E-state index contributed by atoms with van der Waals surface area (Å²) in [5, 5.41) is 5.68. The average molecular weight is 400 g/mol. The molecule has 1 unspecified atom stereocenters. The molecule has 1 aromatic heterocycles. The van der Waals surface area contributed by atoms with Gasteiger partial charge in [-0.25, -0.2) is 4.98 Å². The van der Waals surface area contributed by atoms with E-state index in [0.29, 0.717) is 31.7 Å². The summed E-state index contributed by atoms with van der Waals surface area (Å²) in [6.07, 6.45) is -0.836. The first kappa shape index (κ1) is 22.0. The Morgan fingerprint density at radius 2 is 2.00 bits per heavy atom. The number of carbonyl (C=O) groups excluding carboxylic acids is 2. The Hall–Kier alpha value is -2.32. The van der Waals surface area contributed by atoms with Gasteiger partial charge < -0.3 is 15.5 Å². The number of rotatable bonds is 8. The minimum Gasteiger partial charge on any atom is -0.368 e.